The van der Waals surface area contributed by atoms with Crippen LogP contribution in [0.3, 0.4) is 0 Å². The van der Waals surface area contributed by atoms with Crippen molar-refractivity contribution in [2.24, 2.45) is 0 Å². The number of fused-ring (bicyclic) bond motifs is 7. The Hall–Kier alpha value is -5.80. The summed E-state index contributed by atoms with van der Waals surface area (Å²) in [6.45, 7) is 4.39. The molecule has 0 atom stereocenters. The maximum atomic E-state index is 2.46. The van der Waals surface area contributed by atoms with Gasteiger partial charge in [-0.05, 0) is 72.5 Å². The van der Waals surface area contributed by atoms with E-state index in [0.717, 1.165) is 17.8 Å². The first kappa shape index (κ1) is 28.7. The van der Waals surface area contributed by atoms with Gasteiger partial charge in [0.25, 0.3) is 0 Å². The SMILES string of the molecule is CC/C=C(/c1ccc2c(c1)c1ccc3c4ccccc4n(-c4ccccc4)c3c1n2-c1ccccc1)N(C)/C=C(\C)c1ccccc1. The summed E-state index contributed by atoms with van der Waals surface area (Å²) in [5.74, 6) is 0. The lowest BCUT2D eigenvalue weighted by Crippen LogP contribution is -2.10. The highest BCUT2D eigenvalue weighted by Crippen LogP contribution is 2.42. The van der Waals surface area contributed by atoms with Crippen LogP contribution >= 0.6 is 0 Å². The van der Waals surface area contributed by atoms with Crippen LogP contribution in [0, 0.1) is 0 Å². The van der Waals surface area contributed by atoms with E-state index < -0.39 is 0 Å². The molecule has 0 fully saturated rings. The second-order valence-electron chi connectivity index (χ2n) is 12.2. The number of rotatable bonds is 7. The molecule has 2 aromatic heterocycles. The number of aromatic nitrogens is 2. The summed E-state index contributed by atoms with van der Waals surface area (Å²) in [5.41, 5.74) is 12.0. The molecular formula is C44H37N3. The molecule has 3 nitrogen and oxygen atoms in total. The zero-order valence-electron chi connectivity index (χ0n) is 27.1. The van der Waals surface area contributed by atoms with Crippen molar-refractivity contribution in [2.75, 3.05) is 7.05 Å². The first-order valence-corrected chi connectivity index (χ1v) is 16.4. The van der Waals surface area contributed by atoms with Crippen LogP contribution in [0.5, 0.6) is 0 Å². The smallest absolute Gasteiger partial charge is 0.0788 e. The molecule has 0 spiro atoms. The summed E-state index contributed by atoms with van der Waals surface area (Å²) >= 11 is 0. The average Bonchev–Trinajstić information content (AvgIpc) is 3.64. The highest BCUT2D eigenvalue weighted by molar-refractivity contribution is 6.24. The van der Waals surface area contributed by atoms with Crippen LogP contribution in [-0.4, -0.2) is 21.1 Å². The van der Waals surface area contributed by atoms with Crippen LogP contribution in [0.2, 0.25) is 0 Å². The normalized spacial score (nSPS) is 12.5. The van der Waals surface area contributed by atoms with Crippen molar-refractivity contribution >= 4 is 54.9 Å². The molecule has 2 heterocycles. The Morgan fingerprint density at radius 1 is 0.553 bits per heavy atom. The molecule has 8 aromatic rings. The Balaban J connectivity index is 1.42. The average molecular weight is 608 g/mol. The number of hydrogen-bond acceptors (Lipinski definition) is 1. The van der Waals surface area contributed by atoms with Gasteiger partial charge in [0.2, 0.25) is 0 Å². The zero-order chi connectivity index (χ0) is 31.9. The Morgan fingerprint density at radius 2 is 1.09 bits per heavy atom. The monoisotopic (exact) mass is 607 g/mol. The summed E-state index contributed by atoms with van der Waals surface area (Å²) < 4.78 is 4.90. The van der Waals surface area contributed by atoms with Crippen LogP contribution in [0.4, 0.5) is 0 Å². The van der Waals surface area contributed by atoms with Gasteiger partial charge in [-0.3, -0.25) is 0 Å². The molecule has 0 N–H and O–H groups in total. The molecule has 0 saturated heterocycles. The predicted molar refractivity (Wildman–Crippen MR) is 201 cm³/mol. The Kier molecular flexibility index (Phi) is 7.23. The second-order valence-corrected chi connectivity index (χ2v) is 12.2. The summed E-state index contributed by atoms with van der Waals surface area (Å²) in [6, 6.07) is 52.6. The molecule has 228 valence electrons. The lowest BCUT2D eigenvalue weighted by atomic mass is 10.0. The fraction of sp³-hybridized carbons (Fsp3) is 0.0909. The number of allylic oxidation sites excluding steroid dienone is 2. The zero-order valence-corrected chi connectivity index (χ0v) is 27.1. The van der Waals surface area contributed by atoms with Crippen molar-refractivity contribution < 1.29 is 0 Å². The van der Waals surface area contributed by atoms with Crippen LogP contribution in [0.15, 0.2) is 158 Å². The van der Waals surface area contributed by atoms with E-state index in [1.54, 1.807) is 0 Å². The summed E-state index contributed by atoms with van der Waals surface area (Å²) in [7, 11) is 2.16. The van der Waals surface area contributed by atoms with Gasteiger partial charge >= 0.3 is 0 Å². The largest absolute Gasteiger partial charge is 0.351 e. The molecule has 8 rings (SSSR count). The van der Waals surface area contributed by atoms with E-state index in [9.17, 15) is 0 Å². The third-order valence-electron chi connectivity index (χ3n) is 9.28. The highest BCUT2D eigenvalue weighted by Gasteiger charge is 2.21. The summed E-state index contributed by atoms with van der Waals surface area (Å²) in [4.78, 5) is 2.27. The molecule has 0 aliphatic rings. The number of hydrogen-bond donors (Lipinski definition) is 0. The maximum absolute atomic E-state index is 2.46. The Labute approximate surface area is 275 Å². The van der Waals surface area contributed by atoms with E-state index in [-0.39, 0.29) is 0 Å². The summed E-state index contributed by atoms with van der Waals surface area (Å²) in [6.07, 6.45) is 5.52. The topological polar surface area (TPSA) is 13.1 Å². The quantitative estimate of drug-likeness (QED) is 0.176. The molecule has 3 heteroatoms. The minimum absolute atomic E-state index is 0.944. The maximum Gasteiger partial charge on any atom is 0.0788 e. The van der Waals surface area contributed by atoms with Crippen molar-refractivity contribution in [3.63, 3.8) is 0 Å². The third kappa shape index (κ3) is 4.83. The molecule has 0 radical (unpaired) electrons. The number of benzene rings is 6. The first-order chi connectivity index (χ1) is 23.1. The number of nitrogens with zero attached hydrogens (tertiary/aromatic N) is 3. The second kappa shape index (κ2) is 11.9. The molecule has 0 saturated carbocycles. The van der Waals surface area contributed by atoms with Crippen molar-refractivity contribution in [3.8, 4) is 11.4 Å². The van der Waals surface area contributed by atoms with Gasteiger partial charge in [-0.15, -0.1) is 0 Å². The minimum atomic E-state index is 0.944. The molecular weight excluding hydrogens is 571 g/mol. The fourth-order valence-electron chi connectivity index (χ4n) is 7.20. The number of para-hydroxylation sites is 3. The molecule has 0 aliphatic carbocycles. The molecule has 0 amide bonds. The molecule has 0 unspecified atom stereocenters. The van der Waals surface area contributed by atoms with Crippen LogP contribution < -0.4 is 0 Å². The van der Waals surface area contributed by atoms with E-state index in [1.807, 2.05) is 0 Å². The molecule has 6 aromatic carbocycles. The van der Waals surface area contributed by atoms with Crippen LogP contribution in [0.1, 0.15) is 31.4 Å². The summed E-state index contributed by atoms with van der Waals surface area (Å²) in [5, 5.41) is 5.00. The third-order valence-corrected chi connectivity index (χ3v) is 9.28. The van der Waals surface area contributed by atoms with Gasteiger partial charge in [-0.1, -0.05) is 116 Å². The molecule has 0 aliphatic heterocycles. The molecule has 47 heavy (non-hydrogen) atoms. The van der Waals surface area contributed by atoms with E-state index >= 15 is 0 Å². The highest BCUT2D eigenvalue weighted by atomic mass is 15.1. The van der Waals surface area contributed by atoms with Crippen molar-refractivity contribution in [2.45, 2.75) is 20.3 Å². The van der Waals surface area contributed by atoms with E-state index in [2.05, 4.69) is 193 Å². The van der Waals surface area contributed by atoms with Gasteiger partial charge in [0.15, 0.2) is 0 Å². The van der Waals surface area contributed by atoms with E-state index in [1.165, 1.54) is 66.0 Å². The van der Waals surface area contributed by atoms with Gasteiger partial charge in [-0.2, -0.15) is 0 Å². The fourth-order valence-corrected chi connectivity index (χ4v) is 7.20. The van der Waals surface area contributed by atoms with Gasteiger partial charge in [-0.25, -0.2) is 0 Å². The van der Waals surface area contributed by atoms with Crippen LogP contribution in [0.25, 0.3) is 66.3 Å². The first-order valence-electron chi connectivity index (χ1n) is 16.4. The predicted octanol–water partition coefficient (Wildman–Crippen LogP) is 11.6. The lowest BCUT2D eigenvalue weighted by molar-refractivity contribution is 0.654. The van der Waals surface area contributed by atoms with Gasteiger partial charge < -0.3 is 14.0 Å². The van der Waals surface area contributed by atoms with Crippen molar-refractivity contribution in [1.29, 1.82) is 0 Å². The Morgan fingerprint density at radius 3 is 1.70 bits per heavy atom. The lowest BCUT2D eigenvalue weighted by Gasteiger charge is -2.21. The van der Waals surface area contributed by atoms with Gasteiger partial charge in [0, 0.05) is 51.9 Å². The van der Waals surface area contributed by atoms with E-state index in [4.69, 9.17) is 0 Å². The molecule has 0 bridgehead atoms. The standard InChI is InChI=1S/C44H37N3/c1-4-16-40(45(3)30-31(2)32-17-8-5-9-18-32)33-25-28-42-39(29-33)38-27-26-37-36-23-14-15-24-41(36)46(34-19-10-6-11-20-34)43(37)44(38)47(42)35-21-12-7-13-22-35/h5-30H,4H2,1-3H3/b31-30+,40-16-. The van der Waals surface area contributed by atoms with Crippen molar-refractivity contribution in [1.82, 2.24) is 14.0 Å². The van der Waals surface area contributed by atoms with Crippen LogP contribution in [-0.2, 0) is 0 Å². The van der Waals surface area contributed by atoms with Gasteiger partial charge in [0.1, 0.15) is 0 Å². The minimum Gasteiger partial charge on any atom is -0.351 e. The van der Waals surface area contributed by atoms with Crippen molar-refractivity contribution in [3.05, 3.63) is 169 Å². The van der Waals surface area contributed by atoms with E-state index in [0.29, 0.717) is 0 Å². The van der Waals surface area contributed by atoms with Gasteiger partial charge in [0.05, 0.1) is 22.1 Å². The Bertz CT molecular complexity index is 2440.